The van der Waals surface area contributed by atoms with Crippen molar-refractivity contribution in [2.75, 3.05) is 19.8 Å². The highest BCUT2D eigenvalue weighted by Gasteiger charge is 2.06. The van der Waals surface area contributed by atoms with Gasteiger partial charge in [-0.05, 0) is 70.8 Å². The number of nitrogens with one attached hydrogen (secondary N) is 1. The number of hydrogen-bond acceptors (Lipinski definition) is 3. The Balaban J connectivity index is 2.13. The fourth-order valence-electron chi connectivity index (χ4n) is 1.73. The van der Waals surface area contributed by atoms with E-state index in [-0.39, 0.29) is 5.54 Å². The van der Waals surface area contributed by atoms with Crippen molar-refractivity contribution in [2.45, 2.75) is 52.5 Å². The molecule has 0 saturated heterocycles. The predicted molar refractivity (Wildman–Crippen MR) is 84.7 cm³/mol. The fourth-order valence-corrected chi connectivity index (χ4v) is 1.73. The van der Waals surface area contributed by atoms with Gasteiger partial charge < -0.3 is 14.8 Å². The number of rotatable bonds is 9. The molecule has 0 saturated carbocycles. The summed E-state index contributed by atoms with van der Waals surface area (Å²) in [4.78, 5) is 0. The maximum absolute atomic E-state index is 5.71. The molecule has 114 valence electrons. The summed E-state index contributed by atoms with van der Waals surface area (Å²) in [6.07, 6.45) is 3.23. The number of benzene rings is 1. The summed E-state index contributed by atoms with van der Waals surface area (Å²) in [6, 6.07) is 7.87. The monoisotopic (exact) mass is 279 g/mol. The Kier molecular flexibility index (Phi) is 7.45. The van der Waals surface area contributed by atoms with Crippen molar-refractivity contribution in [1.29, 1.82) is 0 Å². The molecule has 3 heteroatoms. The highest BCUT2D eigenvalue weighted by molar-refractivity contribution is 5.31. The molecular weight excluding hydrogens is 250 g/mol. The van der Waals surface area contributed by atoms with Crippen LogP contribution in [0.3, 0.4) is 0 Å². The molecule has 0 atom stereocenters. The Bertz CT molecular complexity index is 354. The van der Waals surface area contributed by atoms with E-state index in [9.17, 15) is 0 Å². The smallest absolute Gasteiger partial charge is 0.119 e. The lowest BCUT2D eigenvalue weighted by Crippen LogP contribution is -2.36. The standard InChI is InChI=1S/C17H29NO2/c1-5-13-19-15-8-10-16(11-9-15)20-14-7-6-12-18-17(2,3)4/h8-11,18H,5-7,12-14H2,1-4H3. The summed E-state index contributed by atoms with van der Waals surface area (Å²) in [5.74, 6) is 1.83. The van der Waals surface area contributed by atoms with Crippen LogP contribution in [0.1, 0.15) is 47.0 Å². The number of hydrogen-bond donors (Lipinski definition) is 1. The minimum Gasteiger partial charge on any atom is -0.494 e. The first-order chi connectivity index (χ1) is 9.51. The third-order valence-electron chi connectivity index (χ3n) is 2.79. The van der Waals surface area contributed by atoms with Gasteiger partial charge in [-0.2, -0.15) is 0 Å². The van der Waals surface area contributed by atoms with E-state index in [1.54, 1.807) is 0 Å². The van der Waals surface area contributed by atoms with Crippen molar-refractivity contribution in [1.82, 2.24) is 5.32 Å². The molecule has 0 aliphatic carbocycles. The number of ether oxygens (including phenoxy) is 2. The van der Waals surface area contributed by atoms with E-state index in [2.05, 4.69) is 33.0 Å². The Hall–Kier alpha value is -1.22. The summed E-state index contributed by atoms with van der Waals surface area (Å²) in [5.41, 5.74) is 0.204. The first kappa shape index (κ1) is 16.8. The van der Waals surface area contributed by atoms with Crippen LogP contribution in [-0.4, -0.2) is 25.3 Å². The maximum atomic E-state index is 5.71. The average molecular weight is 279 g/mol. The van der Waals surface area contributed by atoms with Crippen LogP contribution in [0.25, 0.3) is 0 Å². The number of unbranched alkanes of at least 4 members (excludes halogenated alkanes) is 1. The van der Waals surface area contributed by atoms with E-state index < -0.39 is 0 Å². The van der Waals surface area contributed by atoms with Crippen LogP contribution < -0.4 is 14.8 Å². The van der Waals surface area contributed by atoms with E-state index in [0.29, 0.717) is 0 Å². The third-order valence-corrected chi connectivity index (χ3v) is 2.79. The van der Waals surface area contributed by atoms with Gasteiger partial charge in [-0.3, -0.25) is 0 Å². The van der Waals surface area contributed by atoms with Gasteiger partial charge in [-0.15, -0.1) is 0 Å². The fraction of sp³-hybridized carbons (Fsp3) is 0.647. The first-order valence-corrected chi connectivity index (χ1v) is 7.62. The molecule has 0 amide bonds. The molecule has 0 aromatic heterocycles. The highest BCUT2D eigenvalue weighted by Crippen LogP contribution is 2.17. The van der Waals surface area contributed by atoms with E-state index >= 15 is 0 Å². The summed E-state index contributed by atoms with van der Waals surface area (Å²) in [6.45, 7) is 11.2. The summed E-state index contributed by atoms with van der Waals surface area (Å²) < 4.78 is 11.3. The van der Waals surface area contributed by atoms with Crippen molar-refractivity contribution in [2.24, 2.45) is 0 Å². The summed E-state index contributed by atoms with van der Waals surface area (Å²) in [7, 11) is 0. The quantitative estimate of drug-likeness (QED) is 0.692. The molecule has 0 heterocycles. The summed E-state index contributed by atoms with van der Waals surface area (Å²) in [5, 5.41) is 3.48. The second-order valence-electron chi connectivity index (χ2n) is 6.05. The van der Waals surface area contributed by atoms with Crippen molar-refractivity contribution in [3.05, 3.63) is 24.3 Å². The van der Waals surface area contributed by atoms with Gasteiger partial charge in [0.05, 0.1) is 13.2 Å². The SMILES string of the molecule is CCCOc1ccc(OCCCCNC(C)(C)C)cc1. The van der Waals surface area contributed by atoms with Crippen LogP contribution >= 0.6 is 0 Å². The van der Waals surface area contributed by atoms with Crippen LogP contribution in [0.15, 0.2) is 24.3 Å². The molecule has 0 radical (unpaired) electrons. The molecule has 20 heavy (non-hydrogen) atoms. The molecule has 3 nitrogen and oxygen atoms in total. The molecule has 0 bridgehead atoms. The van der Waals surface area contributed by atoms with Gasteiger partial charge in [0.15, 0.2) is 0 Å². The molecule has 0 fully saturated rings. The van der Waals surface area contributed by atoms with E-state index in [0.717, 1.165) is 50.5 Å². The molecule has 1 N–H and O–H groups in total. The Morgan fingerprint density at radius 3 is 1.95 bits per heavy atom. The Morgan fingerprint density at radius 2 is 1.45 bits per heavy atom. The first-order valence-electron chi connectivity index (χ1n) is 7.62. The van der Waals surface area contributed by atoms with E-state index in [4.69, 9.17) is 9.47 Å². The maximum Gasteiger partial charge on any atom is 0.119 e. The minimum absolute atomic E-state index is 0.204. The summed E-state index contributed by atoms with van der Waals surface area (Å²) >= 11 is 0. The lowest BCUT2D eigenvalue weighted by atomic mass is 10.1. The highest BCUT2D eigenvalue weighted by atomic mass is 16.5. The predicted octanol–water partition coefficient (Wildman–Crippen LogP) is 4.02. The van der Waals surface area contributed by atoms with Crippen molar-refractivity contribution < 1.29 is 9.47 Å². The van der Waals surface area contributed by atoms with E-state index in [1.807, 2.05) is 24.3 Å². The van der Waals surface area contributed by atoms with Gasteiger partial charge in [0.1, 0.15) is 11.5 Å². The Morgan fingerprint density at radius 1 is 0.900 bits per heavy atom. The second-order valence-corrected chi connectivity index (χ2v) is 6.05. The molecule has 0 spiro atoms. The van der Waals surface area contributed by atoms with Gasteiger partial charge in [-0.25, -0.2) is 0 Å². The van der Waals surface area contributed by atoms with Gasteiger partial charge in [0.2, 0.25) is 0 Å². The third kappa shape index (κ3) is 8.05. The van der Waals surface area contributed by atoms with Gasteiger partial charge in [0.25, 0.3) is 0 Å². The van der Waals surface area contributed by atoms with Gasteiger partial charge in [0, 0.05) is 5.54 Å². The lowest BCUT2D eigenvalue weighted by molar-refractivity contribution is 0.298. The Labute approximate surface area is 123 Å². The average Bonchev–Trinajstić information content (AvgIpc) is 2.40. The molecule has 0 aliphatic heterocycles. The van der Waals surface area contributed by atoms with Crippen molar-refractivity contribution in [3.8, 4) is 11.5 Å². The molecule has 1 aromatic rings. The molecule has 0 unspecified atom stereocenters. The lowest BCUT2D eigenvalue weighted by Gasteiger charge is -2.20. The zero-order valence-electron chi connectivity index (χ0n) is 13.4. The second kappa shape index (κ2) is 8.85. The molecule has 1 aromatic carbocycles. The molecule has 1 rings (SSSR count). The van der Waals surface area contributed by atoms with Gasteiger partial charge in [-0.1, -0.05) is 6.92 Å². The largest absolute Gasteiger partial charge is 0.494 e. The van der Waals surface area contributed by atoms with Crippen molar-refractivity contribution >= 4 is 0 Å². The zero-order chi connectivity index (χ0) is 14.8. The van der Waals surface area contributed by atoms with E-state index in [1.165, 1.54) is 0 Å². The molecular formula is C17H29NO2. The normalized spacial score (nSPS) is 11.4. The zero-order valence-corrected chi connectivity index (χ0v) is 13.4. The minimum atomic E-state index is 0.204. The molecule has 0 aliphatic rings. The van der Waals surface area contributed by atoms with Gasteiger partial charge >= 0.3 is 0 Å². The van der Waals surface area contributed by atoms with Crippen LogP contribution in [0.4, 0.5) is 0 Å². The van der Waals surface area contributed by atoms with Crippen molar-refractivity contribution in [3.63, 3.8) is 0 Å². The van der Waals surface area contributed by atoms with Crippen LogP contribution in [0.2, 0.25) is 0 Å². The van der Waals surface area contributed by atoms with Crippen LogP contribution in [-0.2, 0) is 0 Å². The van der Waals surface area contributed by atoms with Crippen LogP contribution in [0.5, 0.6) is 11.5 Å². The van der Waals surface area contributed by atoms with Crippen LogP contribution in [0, 0.1) is 0 Å². The topological polar surface area (TPSA) is 30.5 Å².